The van der Waals surface area contributed by atoms with E-state index in [0.717, 1.165) is 37.2 Å². The molecule has 1 aromatic carbocycles. The molecule has 2 N–H and O–H groups in total. The SMILES string of the molecule is CCCNCCc1ccc(S(=O)(=O)NCCSC)cc1. The molecule has 0 radical (unpaired) electrons. The predicted molar refractivity (Wildman–Crippen MR) is 86.9 cm³/mol. The van der Waals surface area contributed by atoms with Gasteiger partial charge in [-0.1, -0.05) is 19.1 Å². The zero-order chi connectivity index (χ0) is 14.8. The van der Waals surface area contributed by atoms with E-state index in [1.165, 1.54) is 0 Å². The van der Waals surface area contributed by atoms with Crippen LogP contribution in [0.25, 0.3) is 0 Å². The molecular formula is C14H24N2O2S2. The van der Waals surface area contributed by atoms with Crippen molar-refractivity contribution >= 4 is 21.8 Å². The summed E-state index contributed by atoms with van der Waals surface area (Å²) < 4.78 is 26.6. The molecule has 0 saturated carbocycles. The molecule has 0 unspecified atom stereocenters. The van der Waals surface area contributed by atoms with Crippen LogP contribution in [-0.4, -0.2) is 40.1 Å². The van der Waals surface area contributed by atoms with Gasteiger partial charge in [0.25, 0.3) is 0 Å². The molecular weight excluding hydrogens is 292 g/mol. The van der Waals surface area contributed by atoms with Crippen LogP contribution in [0.1, 0.15) is 18.9 Å². The zero-order valence-corrected chi connectivity index (χ0v) is 13.8. The molecule has 0 amide bonds. The summed E-state index contributed by atoms with van der Waals surface area (Å²) in [6.45, 7) is 4.54. The van der Waals surface area contributed by atoms with Gasteiger partial charge < -0.3 is 5.32 Å². The van der Waals surface area contributed by atoms with Gasteiger partial charge in [0.15, 0.2) is 0 Å². The Hall–Kier alpha value is -0.560. The van der Waals surface area contributed by atoms with Crippen LogP contribution in [0.15, 0.2) is 29.2 Å². The van der Waals surface area contributed by atoms with Gasteiger partial charge in [-0.3, -0.25) is 0 Å². The van der Waals surface area contributed by atoms with E-state index in [0.29, 0.717) is 11.4 Å². The highest BCUT2D eigenvalue weighted by atomic mass is 32.2. The van der Waals surface area contributed by atoms with Crippen LogP contribution in [0, 0.1) is 0 Å². The summed E-state index contributed by atoms with van der Waals surface area (Å²) in [7, 11) is -3.36. The second kappa shape index (κ2) is 9.39. The van der Waals surface area contributed by atoms with Gasteiger partial charge in [-0.25, -0.2) is 13.1 Å². The van der Waals surface area contributed by atoms with Crippen LogP contribution < -0.4 is 10.0 Å². The lowest BCUT2D eigenvalue weighted by atomic mass is 10.1. The van der Waals surface area contributed by atoms with Gasteiger partial charge in [-0.2, -0.15) is 11.8 Å². The minimum absolute atomic E-state index is 0.337. The Balaban J connectivity index is 2.52. The molecule has 0 aliphatic carbocycles. The second-order valence-corrected chi connectivity index (χ2v) is 7.29. The Bertz CT molecular complexity index is 472. The number of sulfonamides is 1. The maximum atomic E-state index is 12.0. The standard InChI is InChI=1S/C14H24N2O2S2/c1-3-9-15-10-8-13-4-6-14(7-5-13)20(17,18)16-11-12-19-2/h4-7,15-16H,3,8-12H2,1-2H3. The van der Waals surface area contributed by atoms with E-state index in [-0.39, 0.29) is 0 Å². The van der Waals surface area contributed by atoms with Crippen molar-refractivity contribution in [3.8, 4) is 0 Å². The van der Waals surface area contributed by atoms with Crippen LogP contribution >= 0.6 is 11.8 Å². The van der Waals surface area contributed by atoms with Crippen molar-refractivity contribution in [2.45, 2.75) is 24.7 Å². The van der Waals surface area contributed by atoms with Crippen molar-refractivity contribution in [2.24, 2.45) is 0 Å². The quantitative estimate of drug-likeness (QED) is 0.647. The Kier molecular flexibility index (Phi) is 8.21. The molecule has 1 rings (SSSR count). The maximum absolute atomic E-state index is 12.0. The normalized spacial score (nSPS) is 11.7. The predicted octanol–water partition coefficient (Wildman–Crippen LogP) is 1.87. The van der Waals surface area contributed by atoms with Gasteiger partial charge >= 0.3 is 0 Å². The lowest BCUT2D eigenvalue weighted by molar-refractivity contribution is 0.584. The molecule has 0 saturated heterocycles. The largest absolute Gasteiger partial charge is 0.316 e. The van der Waals surface area contributed by atoms with Crippen molar-refractivity contribution in [3.63, 3.8) is 0 Å². The number of hydrogen-bond donors (Lipinski definition) is 2. The summed E-state index contributed by atoms with van der Waals surface area (Å²) in [5.74, 6) is 0.778. The van der Waals surface area contributed by atoms with Gasteiger partial charge in [-0.15, -0.1) is 0 Å². The molecule has 0 fully saturated rings. The smallest absolute Gasteiger partial charge is 0.240 e. The number of rotatable bonds is 10. The average molecular weight is 316 g/mol. The number of thioether (sulfide) groups is 1. The van der Waals surface area contributed by atoms with Crippen LogP contribution in [-0.2, 0) is 16.4 Å². The van der Waals surface area contributed by atoms with E-state index < -0.39 is 10.0 Å². The molecule has 4 nitrogen and oxygen atoms in total. The summed E-state index contributed by atoms with van der Waals surface area (Å²) >= 11 is 1.62. The summed E-state index contributed by atoms with van der Waals surface area (Å²) in [6.07, 6.45) is 3.99. The highest BCUT2D eigenvalue weighted by molar-refractivity contribution is 7.98. The summed E-state index contributed by atoms with van der Waals surface area (Å²) in [4.78, 5) is 0.337. The molecule has 6 heteroatoms. The van der Waals surface area contributed by atoms with E-state index in [1.54, 1.807) is 23.9 Å². The summed E-state index contributed by atoms with van der Waals surface area (Å²) in [5, 5.41) is 3.33. The summed E-state index contributed by atoms with van der Waals surface area (Å²) in [5.41, 5.74) is 1.15. The van der Waals surface area contributed by atoms with E-state index in [1.807, 2.05) is 18.4 Å². The Morgan fingerprint density at radius 2 is 1.80 bits per heavy atom. The second-order valence-electron chi connectivity index (χ2n) is 4.53. The van der Waals surface area contributed by atoms with E-state index >= 15 is 0 Å². The van der Waals surface area contributed by atoms with E-state index in [9.17, 15) is 8.42 Å². The third kappa shape index (κ3) is 6.26. The summed E-state index contributed by atoms with van der Waals surface area (Å²) in [6, 6.07) is 7.13. The van der Waals surface area contributed by atoms with Crippen LogP contribution in [0.3, 0.4) is 0 Å². The third-order valence-electron chi connectivity index (χ3n) is 2.85. The fraction of sp³-hybridized carbons (Fsp3) is 0.571. The lowest BCUT2D eigenvalue weighted by Crippen LogP contribution is -2.26. The molecule has 0 atom stereocenters. The minimum atomic E-state index is -3.36. The monoisotopic (exact) mass is 316 g/mol. The number of hydrogen-bond acceptors (Lipinski definition) is 4. The van der Waals surface area contributed by atoms with Crippen LogP contribution in [0.5, 0.6) is 0 Å². The highest BCUT2D eigenvalue weighted by Gasteiger charge is 2.12. The van der Waals surface area contributed by atoms with Crippen molar-refractivity contribution in [1.82, 2.24) is 10.0 Å². The van der Waals surface area contributed by atoms with Crippen molar-refractivity contribution in [3.05, 3.63) is 29.8 Å². The van der Waals surface area contributed by atoms with Gasteiger partial charge in [0.2, 0.25) is 10.0 Å². The van der Waals surface area contributed by atoms with Crippen molar-refractivity contribution < 1.29 is 8.42 Å². The molecule has 0 heterocycles. The Morgan fingerprint density at radius 3 is 2.40 bits per heavy atom. The first-order chi connectivity index (χ1) is 9.60. The van der Waals surface area contributed by atoms with Crippen LogP contribution in [0.4, 0.5) is 0 Å². The number of benzene rings is 1. The van der Waals surface area contributed by atoms with Gasteiger partial charge in [0.05, 0.1) is 4.90 Å². The number of nitrogens with one attached hydrogen (secondary N) is 2. The molecule has 20 heavy (non-hydrogen) atoms. The average Bonchev–Trinajstić information content (AvgIpc) is 2.44. The molecule has 0 bridgehead atoms. The first-order valence-corrected chi connectivity index (χ1v) is 9.76. The lowest BCUT2D eigenvalue weighted by Gasteiger charge is -2.07. The fourth-order valence-corrected chi connectivity index (χ4v) is 3.20. The minimum Gasteiger partial charge on any atom is -0.316 e. The fourth-order valence-electron chi connectivity index (χ4n) is 1.73. The molecule has 0 aliphatic rings. The Labute approximate surface area is 126 Å². The maximum Gasteiger partial charge on any atom is 0.240 e. The van der Waals surface area contributed by atoms with Gasteiger partial charge in [0.1, 0.15) is 0 Å². The zero-order valence-electron chi connectivity index (χ0n) is 12.2. The topological polar surface area (TPSA) is 58.2 Å². The van der Waals surface area contributed by atoms with E-state index in [4.69, 9.17) is 0 Å². The first kappa shape index (κ1) is 17.5. The van der Waals surface area contributed by atoms with Crippen molar-refractivity contribution in [2.75, 3.05) is 31.6 Å². The van der Waals surface area contributed by atoms with Gasteiger partial charge in [0, 0.05) is 12.3 Å². The molecule has 0 aliphatic heterocycles. The first-order valence-electron chi connectivity index (χ1n) is 6.88. The van der Waals surface area contributed by atoms with Crippen LogP contribution in [0.2, 0.25) is 0 Å². The van der Waals surface area contributed by atoms with E-state index in [2.05, 4.69) is 17.0 Å². The molecule has 1 aromatic rings. The molecule has 0 aromatic heterocycles. The van der Waals surface area contributed by atoms with Crippen molar-refractivity contribution in [1.29, 1.82) is 0 Å². The highest BCUT2D eigenvalue weighted by Crippen LogP contribution is 2.10. The molecule has 114 valence electrons. The molecule has 0 spiro atoms. The third-order valence-corrected chi connectivity index (χ3v) is 4.94. The Morgan fingerprint density at radius 1 is 1.10 bits per heavy atom. The van der Waals surface area contributed by atoms with Gasteiger partial charge in [-0.05, 0) is 49.9 Å².